The number of benzene rings is 2. The highest BCUT2D eigenvalue weighted by Crippen LogP contribution is 2.31. The second-order valence-corrected chi connectivity index (χ2v) is 8.70. The molecule has 0 unspecified atom stereocenters. The third kappa shape index (κ3) is 5.58. The number of H-pyrrole nitrogens is 1. The molecule has 3 aromatic rings. The number of methoxy groups -OCH3 is 2. The van der Waals surface area contributed by atoms with Gasteiger partial charge in [0.25, 0.3) is 5.56 Å². The van der Waals surface area contributed by atoms with Crippen molar-refractivity contribution in [2.45, 2.75) is 25.5 Å². The minimum atomic E-state index is -0.183. The summed E-state index contributed by atoms with van der Waals surface area (Å²) in [6.07, 6.45) is 2.04. The molecule has 33 heavy (non-hydrogen) atoms. The summed E-state index contributed by atoms with van der Waals surface area (Å²) in [4.78, 5) is 17.8. The van der Waals surface area contributed by atoms with Crippen LogP contribution in [-0.4, -0.2) is 48.5 Å². The van der Waals surface area contributed by atoms with Crippen LogP contribution in [0.3, 0.4) is 0 Å². The summed E-state index contributed by atoms with van der Waals surface area (Å²) in [5.74, 6) is 1.15. The number of thiocarbonyl (C=S) groups is 1. The van der Waals surface area contributed by atoms with E-state index in [0.29, 0.717) is 45.8 Å². The number of anilines is 1. The van der Waals surface area contributed by atoms with Crippen LogP contribution in [0, 0.1) is 0 Å². The van der Waals surface area contributed by atoms with Crippen LogP contribution in [0.5, 0.6) is 11.5 Å². The quantitative estimate of drug-likeness (QED) is 0.472. The standard InChI is InChI=1S/C24H26ClN3O4S/c1-30-21-10-15-9-16(23(29)27-20(15)12-22(21)31-2)13-28(14-19-7-4-8-32-19)24(33)26-18-6-3-5-17(25)11-18/h3,5-6,9-12,19H,4,7-8,13-14H2,1-2H3,(H,26,33)(H,27,29)/t19-/m0/s1. The normalized spacial score (nSPS) is 15.4. The number of ether oxygens (including phenoxy) is 3. The van der Waals surface area contributed by atoms with Gasteiger partial charge in [0.1, 0.15) is 0 Å². The van der Waals surface area contributed by atoms with Crippen molar-refractivity contribution in [1.29, 1.82) is 0 Å². The minimum Gasteiger partial charge on any atom is -0.493 e. The van der Waals surface area contributed by atoms with Gasteiger partial charge in [-0.2, -0.15) is 0 Å². The molecule has 0 amide bonds. The molecule has 9 heteroatoms. The average molecular weight is 488 g/mol. The van der Waals surface area contributed by atoms with Gasteiger partial charge < -0.3 is 29.4 Å². The predicted molar refractivity (Wildman–Crippen MR) is 135 cm³/mol. The first-order valence-electron chi connectivity index (χ1n) is 10.7. The van der Waals surface area contributed by atoms with E-state index in [2.05, 4.69) is 10.3 Å². The van der Waals surface area contributed by atoms with E-state index in [9.17, 15) is 4.79 Å². The molecule has 1 aliphatic heterocycles. The van der Waals surface area contributed by atoms with Gasteiger partial charge in [0, 0.05) is 40.9 Å². The summed E-state index contributed by atoms with van der Waals surface area (Å²) >= 11 is 11.8. The number of nitrogens with one attached hydrogen (secondary N) is 2. The molecule has 0 radical (unpaired) electrons. The molecule has 1 atom stereocenters. The number of nitrogens with zero attached hydrogens (tertiary/aromatic N) is 1. The van der Waals surface area contributed by atoms with Gasteiger partial charge in [-0.15, -0.1) is 0 Å². The zero-order chi connectivity index (χ0) is 23.4. The molecule has 2 aromatic carbocycles. The molecular weight excluding hydrogens is 462 g/mol. The Morgan fingerprint density at radius 3 is 2.73 bits per heavy atom. The zero-order valence-corrected chi connectivity index (χ0v) is 20.1. The number of aromatic nitrogens is 1. The molecule has 7 nitrogen and oxygen atoms in total. The number of rotatable bonds is 7. The molecule has 0 bridgehead atoms. The molecule has 2 N–H and O–H groups in total. The molecule has 174 valence electrons. The van der Waals surface area contributed by atoms with E-state index < -0.39 is 0 Å². The number of pyridine rings is 1. The summed E-state index contributed by atoms with van der Waals surface area (Å²) in [6, 6.07) is 12.8. The third-order valence-corrected chi connectivity index (χ3v) is 6.19. The Labute approximate surface area is 202 Å². The first-order chi connectivity index (χ1) is 16.0. The van der Waals surface area contributed by atoms with Crippen LogP contribution in [0.15, 0.2) is 47.3 Å². The Kier molecular flexibility index (Phi) is 7.37. The molecule has 0 aliphatic carbocycles. The van der Waals surface area contributed by atoms with Crippen LogP contribution in [0.2, 0.25) is 5.02 Å². The average Bonchev–Trinajstić information content (AvgIpc) is 3.31. The van der Waals surface area contributed by atoms with Crippen LogP contribution in [0.1, 0.15) is 18.4 Å². The third-order valence-electron chi connectivity index (χ3n) is 5.60. The highest BCUT2D eigenvalue weighted by Gasteiger charge is 2.22. The molecular formula is C24H26ClN3O4S. The summed E-state index contributed by atoms with van der Waals surface area (Å²) in [6.45, 7) is 1.65. The predicted octanol–water partition coefficient (Wildman–Crippen LogP) is 4.58. The van der Waals surface area contributed by atoms with Crippen molar-refractivity contribution in [3.63, 3.8) is 0 Å². The second-order valence-electron chi connectivity index (χ2n) is 7.87. The van der Waals surface area contributed by atoms with Gasteiger partial charge in [-0.05, 0) is 55.4 Å². The van der Waals surface area contributed by atoms with Crippen molar-refractivity contribution in [2.24, 2.45) is 0 Å². The smallest absolute Gasteiger partial charge is 0.253 e. The van der Waals surface area contributed by atoms with E-state index in [1.807, 2.05) is 29.2 Å². The largest absolute Gasteiger partial charge is 0.493 e. The van der Waals surface area contributed by atoms with Gasteiger partial charge >= 0.3 is 0 Å². The second kappa shape index (κ2) is 10.4. The Bertz CT molecular complexity index is 1210. The lowest BCUT2D eigenvalue weighted by molar-refractivity contribution is 0.0904. The Morgan fingerprint density at radius 1 is 1.24 bits per heavy atom. The van der Waals surface area contributed by atoms with Crippen molar-refractivity contribution < 1.29 is 14.2 Å². The number of hydrogen-bond acceptors (Lipinski definition) is 5. The molecule has 4 rings (SSSR count). The van der Waals surface area contributed by atoms with Crippen LogP contribution >= 0.6 is 23.8 Å². The summed E-state index contributed by atoms with van der Waals surface area (Å²) < 4.78 is 16.6. The van der Waals surface area contributed by atoms with Crippen molar-refractivity contribution >= 4 is 45.5 Å². The SMILES string of the molecule is COc1cc2cc(CN(C[C@@H]3CCCO3)C(=S)Nc3cccc(Cl)c3)c(=O)[nH]c2cc1OC. The van der Waals surface area contributed by atoms with E-state index in [1.54, 1.807) is 32.4 Å². The fraction of sp³-hybridized carbons (Fsp3) is 0.333. The van der Waals surface area contributed by atoms with Crippen LogP contribution in [0.25, 0.3) is 10.9 Å². The molecule has 1 fully saturated rings. The number of halogens is 1. The number of aromatic amines is 1. The lowest BCUT2D eigenvalue weighted by atomic mass is 10.1. The molecule has 1 saturated heterocycles. The molecule has 0 saturated carbocycles. The van der Waals surface area contributed by atoms with Crippen LogP contribution in [-0.2, 0) is 11.3 Å². The van der Waals surface area contributed by atoms with Gasteiger partial charge in [0.2, 0.25) is 0 Å². The fourth-order valence-electron chi connectivity index (χ4n) is 3.92. The molecule has 1 aliphatic rings. The van der Waals surface area contributed by atoms with Crippen molar-refractivity contribution in [3.05, 3.63) is 63.4 Å². The lowest BCUT2D eigenvalue weighted by Gasteiger charge is -2.28. The Balaban J connectivity index is 1.63. The first kappa shape index (κ1) is 23.4. The minimum absolute atomic E-state index is 0.0630. The number of fused-ring (bicyclic) bond motifs is 1. The highest BCUT2D eigenvalue weighted by atomic mass is 35.5. The summed E-state index contributed by atoms with van der Waals surface area (Å²) in [5, 5.41) is 5.19. The molecule has 2 heterocycles. The maximum atomic E-state index is 12.9. The summed E-state index contributed by atoms with van der Waals surface area (Å²) in [7, 11) is 3.15. The van der Waals surface area contributed by atoms with E-state index in [0.717, 1.165) is 30.5 Å². The van der Waals surface area contributed by atoms with Crippen molar-refractivity contribution in [1.82, 2.24) is 9.88 Å². The van der Waals surface area contributed by atoms with E-state index in [4.69, 9.17) is 38.0 Å². The van der Waals surface area contributed by atoms with Gasteiger partial charge in [0.05, 0.1) is 32.4 Å². The maximum absolute atomic E-state index is 12.9. The van der Waals surface area contributed by atoms with E-state index in [-0.39, 0.29) is 11.7 Å². The van der Waals surface area contributed by atoms with Gasteiger partial charge in [-0.1, -0.05) is 17.7 Å². The topological polar surface area (TPSA) is 75.8 Å². The summed E-state index contributed by atoms with van der Waals surface area (Å²) in [5.41, 5.74) is 1.86. The maximum Gasteiger partial charge on any atom is 0.253 e. The lowest BCUT2D eigenvalue weighted by Crippen LogP contribution is -2.40. The highest BCUT2D eigenvalue weighted by molar-refractivity contribution is 7.80. The van der Waals surface area contributed by atoms with Gasteiger partial charge in [-0.3, -0.25) is 4.79 Å². The van der Waals surface area contributed by atoms with Crippen molar-refractivity contribution in [3.8, 4) is 11.5 Å². The first-order valence-corrected chi connectivity index (χ1v) is 11.5. The van der Waals surface area contributed by atoms with Crippen molar-refractivity contribution in [2.75, 3.05) is 32.7 Å². The Morgan fingerprint density at radius 2 is 2.03 bits per heavy atom. The fourth-order valence-corrected chi connectivity index (χ4v) is 4.37. The van der Waals surface area contributed by atoms with Gasteiger partial charge in [0.15, 0.2) is 16.6 Å². The van der Waals surface area contributed by atoms with E-state index in [1.165, 1.54) is 0 Å². The molecule has 0 spiro atoms. The Hall–Kier alpha value is -2.81. The monoisotopic (exact) mass is 487 g/mol. The van der Waals surface area contributed by atoms with E-state index >= 15 is 0 Å². The number of hydrogen-bond donors (Lipinski definition) is 2. The van der Waals surface area contributed by atoms with Crippen LogP contribution in [0.4, 0.5) is 5.69 Å². The zero-order valence-electron chi connectivity index (χ0n) is 18.5. The van der Waals surface area contributed by atoms with Gasteiger partial charge in [-0.25, -0.2) is 0 Å². The molecule has 1 aromatic heterocycles. The van der Waals surface area contributed by atoms with Crippen LogP contribution < -0.4 is 20.3 Å².